The second-order valence-electron chi connectivity index (χ2n) is 7.34. The fourth-order valence-electron chi connectivity index (χ4n) is 3.33. The molecule has 0 saturated heterocycles. The minimum atomic E-state index is 0.368. The molecule has 0 atom stereocenters. The number of para-hydroxylation sites is 2. The van der Waals surface area contributed by atoms with E-state index in [0.29, 0.717) is 18.6 Å². The molecule has 30 heavy (non-hydrogen) atoms. The zero-order valence-electron chi connectivity index (χ0n) is 18.3. The van der Waals surface area contributed by atoms with Gasteiger partial charge in [-0.1, -0.05) is 48.6 Å². The molecule has 3 nitrogen and oxygen atoms in total. The summed E-state index contributed by atoms with van der Waals surface area (Å²) >= 11 is 0. The summed E-state index contributed by atoms with van der Waals surface area (Å²) in [5, 5.41) is 0. The Morgan fingerprint density at radius 1 is 0.700 bits per heavy atom. The minimum absolute atomic E-state index is 0.368. The molecule has 2 rings (SSSR count). The molecule has 0 unspecified atom stereocenters. The lowest BCUT2D eigenvalue weighted by molar-refractivity contribution is -0.119. The third-order valence-corrected chi connectivity index (χ3v) is 4.91. The topological polar surface area (TPSA) is 35.5 Å². The zero-order chi connectivity index (χ0) is 21.4. The Morgan fingerprint density at radius 3 is 1.57 bits per heavy atom. The highest BCUT2D eigenvalue weighted by molar-refractivity contribution is 5.78. The van der Waals surface area contributed by atoms with Gasteiger partial charge in [-0.25, -0.2) is 0 Å². The van der Waals surface area contributed by atoms with Crippen LogP contribution in [0.5, 0.6) is 11.5 Å². The van der Waals surface area contributed by atoms with Crippen LogP contribution in [0.15, 0.2) is 73.2 Å². The number of carbonyl (C=O) groups is 1. The molecule has 0 spiro atoms. The molecule has 0 aliphatic carbocycles. The number of allylic oxidation sites excluding steroid dienone is 2. The molecule has 3 heteroatoms. The summed E-state index contributed by atoms with van der Waals surface area (Å²) in [6.45, 7) is 3.87. The Balaban J connectivity index is 1.63. The number of rotatable bonds is 14. The van der Waals surface area contributed by atoms with Crippen LogP contribution in [0.25, 0.3) is 0 Å². The van der Waals surface area contributed by atoms with Crippen LogP contribution in [0.2, 0.25) is 0 Å². The first kappa shape index (κ1) is 23.5. The van der Waals surface area contributed by atoms with Crippen molar-refractivity contribution in [2.75, 3.05) is 0 Å². The number of Topliss-reactive ketones (excluding diaryl/α,β-unsaturated/α-hetero) is 1. The van der Waals surface area contributed by atoms with Gasteiger partial charge in [-0.3, -0.25) is 4.79 Å². The summed E-state index contributed by atoms with van der Waals surface area (Å²) in [4.78, 5) is 12.2. The third kappa shape index (κ3) is 8.69. The standard InChI is InChI=1S/C27H34O3/c1-3-21-29-26-19-11-7-15-23(26)13-5-9-17-25(28)18-10-6-14-24-16-8-12-20-27(24)30-22-4-2/h3-4,7-8,11-12,15-16,19-22H,5-6,9-10,13-14,17-18H2,1-2H3. The van der Waals surface area contributed by atoms with Crippen LogP contribution in [0, 0.1) is 0 Å². The van der Waals surface area contributed by atoms with Gasteiger partial charge < -0.3 is 9.47 Å². The maximum absolute atomic E-state index is 12.2. The molecule has 0 aromatic heterocycles. The first-order valence-electron chi connectivity index (χ1n) is 11.0. The van der Waals surface area contributed by atoms with E-state index < -0.39 is 0 Å². The van der Waals surface area contributed by atoms with Crippen LogP contribution < -0.4 is 9.47 Å². The Morgan fingerprint density at radius 2 is 1.13 bits per heavy atom. The molecule has 0 fully saturated rings. The van der Waals surface area contributed by atoms with Crippen molar-refractivity contribution in [3.05, 3.63) is 84.3 Å². The van der Waals surface area contributed by atoms with Gasteiger partial charge in [0.25, 0.3) is 0 Å². The molecule has 0 bridgehead atoms. The Bertz CT molecular complexity index is 753. The number of ether oxygens (including phenoxy) is 2. The summed E-state index contributed by atoms with van der Waals surface area (Å²) in [5.74, 6) is 2.17. The quantitative estimate of drug-likeness (QED) is 0.246. The number of ketones is 1. The summed E-state index contributed by atoms with van der Waals surface area (Å²) in [6, 6.07) is 16.2. The van der Waals surface area contributed by atoms with Gasteiger partial charge in [0.15, 0.2) is 0 Å². The molecule has 0 heterocycles. The molecule has 0 N–H and O–H groups in total. The second-order valence-corrected chi connectivity index (χ2v) is 7.34. The molecule has 0 radical (unpaired) electrons. The number of unbranched alkanes of at least 4 members (excludes halogenated alkanes) is 2. The molecule has 0 saturated carbocycles. The van der Waals surface area contributed by atoms with Gasteiger partial charge >= 0.3 is 0 Å². The predicted octanol–water partition coefficient (Wildman–Crippen LogP) is 7.21. The van der Waals surface area contributed by atoms with Gasteiger partial charge in [0, 0.05) is 12.8 Å². The molecule has 160 valence electrons. The van der Waals surface area contributed by atoms with Gasteiger partial charge in [-0.15, -0.1) is 0 Å². The zero-order valence-corrected chi connectivity index (χ0v) is 18.3. The van der Waals surface area contributed by atoms with Crippen LogP contribution in [0.3, 0.4) is 0 Å². The largest absolute Gasteiger partial charge is 0.465 e. The van der Waals surface area contributed by atoms with Crippen LogP contribution in [-0.4, -0.2) is 5.78 Å². The van der Waals surface area contributed by atoms with E-state index in [1.165, 1.54) is 11.1 Å². The first-order valence-corrected chi connectivity index (χ1v) is 11.0. The average Bonchev–Trinajstić information content (AvgIpc) is 2.78. The Hall–Kier alpha value is -2.81. The van der Waals surface area contributed by atoms with Crippen molar-refractivity contribution in [1.82, 2.24) is 0 Å². The summed E-state index contributed by atoms with van der Waals surface area (Å²) in [5.41, 5.74) is 2.39. The number of aryl methyl sites for hydroxylation is 2. The highest BCUT2D eigenvalue weighted by atomic mass is 16.5. The SMILES string of the molecule is CC=COc1ccccc1CCCCC(=O)CCCCc1ccccc1OC=CC. The molecule has 2 aromatic carbocycles. The van der Waals surface area contributed by atoms with Gasteiger partial charge in [-0.2, -0.15) is 0 Å². The third-order valence-electron chi connectivity index (χ3n) is 4.91. The van der Waals surface area contributed by atoms with E-state index >= 15 is 0 Å². The van der Waals surface area contributed by atoms with Crippen LogP contribution >= 0.6 is 0 Å². The fourth-order valence-corrected chi connectivity index (χ4v) is 3.33. The number of hydrogen-bond acceptors (Lipinski definition) is 3. The van der Waals surface area contributed by atoms with Gasteiger partial charge in [-0.05, 0) is 75.6 Å². The maximum Gasteiger partial charge on any atom is 0.132 e. The average molecular weight is 407 g/mol. The Labute approximate surface area is 181 Å². The predicted molar refractivity (Wildman–Crippen MR) is 124 cm³/mol. The van der Waals surface area contributed by atoms with Crippen molar-refractivity contribution in [3.8, 4) is 11.5 Å². The molecule has 0 aliphatic heterocycles. The summed E-state index contributed by atoms with van der Waals surface area (Å²) in [7, 11) is 0. The smallest absolute Gasteiger partial charge is 0.132 e. The van der Waals surface area contributed by atoms with E-state index in [4.69, 9.17) is 9.47 Å². The number of hydrogen-bond donors (Lipinski definition) is 0. The van der Waals surface area contributed by atoms with Gasteiger partial charge in [0.1, 0.15) is 17.3 Å². The van der Waals surface area contributed by atoms with Crippen molar-refractivity contribution >= 4 is 5.78 Å². The van der Waals surface area contributed by atoms with E-state index in [2.05, 4.69) is 12.1 Å². The highest BCUT2D eigenvalue weighted by Crippen LogP contribution is 2.22. The van der Waals surface area contributed by atoms with E-state index in [1.807, 2.05) is 62.4 Å². The highest BCUT2D eigenvalue weighted by Gasteiger charge is 2.06. The maximum atomic E-state index is 12.2. The van der Waals surface area contributed by atoms with E-state index in [1.54, 1.807) is 12.5 Å². The lowest BCUT2D eigenvalue weighted by Gasteiger charge is -2.09. The molecular weight excluding hydrogens is 372 g/mol. The second kappa shape index (κ2) is 14.2. The van der Waals surface area contributed by atoms with E-state index in [0.717, 1.165) is 50.0 Å². The lowest BCUT2D eigenvalue weighted by Crippen LogP contribution is -2.00. The van der Waals surface area contributed by atoms with Gasteiger partial charge in [0.2, 0.25) is 0 Å². The van der Waals surface area contributed by atoms with Crippen molar-refractivity contribution in [2.24, 2.45) is 0 Å². The number of carbonyl (C=O) groups excluding carboxylic acids is 1. The number of benzene rings is 2. The lowest BCUT2D eigenvalue weighted by atomic mass is 10.0. The normalized spacial score (nSPS) is 11.3. The van der Waals surface area contributed by atoms with E-state index in [9.17, 15) is 4.79 Å². The summed E-state index contributed by atoms with van der Waals surface area (Å²) < 4.78 is 11.3. The molecule has 0 amide bonds. The monoisotopic (exact) mass is 406 g/mol. The van der Waals surface area contributed by atoms with Crippen molar-refractivity contribution in [1.29, 1.82) is 0 Å². The summed E-state index contributed by atoms with van der Waals surface area (Å²) in [6.07, 6.45) is 14.2. The Kier molecular flexibility index (Phi) is 11.1. The van der Waals surface area contributed by atoms with Crippen molar-refractivity contribution in [2.45, 2.75) is 65.2 Å². The fraction of sp³-hybridized carbons (Fsp3) is 0.370. The minimum Gasteiger partial charge on any atom is -0.465 e. The molecule has 0 aliphatic rings. The van der Waals surface area contributed by atoms with Crippen LogP contribution in [0.1, 0.15) is 63.5 Å². The van der Waals surface area contributed by atoms with Crippen molar-refractivity contribution < 1.29 is 14.3 Å². The van der Waals surface area contributed by atoms with Crippen LogP contribution in [0.4, 0.5) is 0 Å². The molecule has 2 aromatic rings. The molecular formula is C27H34O3. The first-order chi connectivity index (χ1) is 14.7. The van der Waals surface area contributed by atoms with E-state index in [-0.39, 0.29) is 0 Å². The van der Waals surface area contributed by atoms with Crippen molar-refractivity contribution in [3.63, 3.8) is 0 Å². The van der Waals surface area contributed by atoms with Gasteiger partial charge in [0.05, 0.1) is 12.5 Å². The van der Waals surface area contributed by atoms with Crippen LogP contribution in [-0.2, 0) is 17.6 Å².